The molecule has 1 aromatic rings. The standard InChI is InChI=1S/C12H18N4S/c1-8-2-4-9(5-3-8)7-15-12-10(6-13)11(14)16-17-12/h8-9,15H,2-5,7H2,1H3,(H2,14,16). The molecule has 1 saturated carbocycles. The highest BCUT2D eigenvalue weighted by Gasteiger charge is 2.19. The molecule has 0 radical (unpaired) electrons. The van der Waals surface area contributed by atoms with Gasteiger partial charge in [0.1, 0.15) is 16.6 Å². The monoisotopic (exact) mass is 250 g/mol. The number of aromatic nitrogens is 1. The van der Waals surface area contributed by atoms with Crippen LogP contribution in [0.5, 0.6) is 0 Å². The van der Waals surface area contributed by atoms with Crippen molar-refractivity contribution in [3.05, 3.63) is 5.56 Å². The molecule has 1 aliphatic carbocycles. The van der Waals surface area contributed by atoms with Gasteiger partial charge in [-0.05, 0) is 36.2 Å². The van der Waals surface area contributed by atoms with E-state index in [-0.39, 0.29) is 0 Å². The van der Waals surface area contributed by atoms with Crippen molar-refractivity contribution in [2.24, 2.45) is 11.8 Å². The predicted octanol–water partition coefficient (Wildman–Crippen LogP) is 2.84. The average Bonchev–Trinajstić information content (AvgIpc) is 2.69. The van der Waals surface area contributed by atoms with Crippen molar-refractivity contribution in [1.29, 1.82) is 5.26 Å². The highest BCUT2D eigenvalue weighted by Crippen LogP contribution is 2.30. The lowest BCUT2D eigenvalue weighted by atomic mass is 9.83. The Morgan fingerprint density at radius 2 is 2.18 bits per heavy atom. The van der Waals surface area contributed by atoms with Gasteiger partial charge in [-0.2, -0.15) is 9.64 Å². The van der Waals surface area contributed by atoms with Crippen molar-refractivity contribution in [3.63, 3.8) is 0 Å². The van der Waals surface area contributed by atoms with E-state index in [0.29, 0.717) is 11.4 Å². The zero-order valence-electron chi connectivity index (χ0n) is 10.1. The van der Waals surface area contributed by atoms with Gasteiger partial charge in [-0.3, -0.25) is 0 Å². The predicted molar refractivity (Wildman–Crippen MR) is 70.9 cm³/mol. The van der Waals surface area contributed by atoms with E-state index < -0.39 is 0 Å². The number of nitrogen functional groups attached to an aromatic ring is 1. The van der Waals surface area contributed by atoms with Crippen LogP contribution in [0, 0.1) is 23.2 Å². The van der Waals surface area contributed by atoms with Crippen LogP contribution in [0.3, 0.4) is 0 Å². The Kier molecular flexibility index (Phi) is 3.85. The molecule has 17 heavy (non-hydrogen) atoms. The summed E-state index contributed by atoms with van der Waals surface area (Å²) in [5.74, 6) is 1.94. The number of nitrogens with two attached hydrogens (primary N) is 1. The number of nitriles is 1. The summed E-state index contributed by atoms with van der Waals surface area (Å²) in [5, 5.41) is 13.1. The number of hydrogen-bond acceptors (Lipinski definition) is 5. The zero-order chi connectivity index (χ0) is 12.3. The summed E-state index contributed by atoms with van der Waals surface area (Å²) in [6.07, 6.45) is 5.21. The zero-order valence-corrected chi connectivity index (χ0v) is 10.9. The van der Waals surface area contributed by atoms with E-state index in [1.165, 1.54) is 37.2 Å². The lowest BCUT2D eigenvalue weighted by molar-refractivity contribution is 0.300. The molecule has 0 aliphatic heterocycles. The van der Waals surface area contributed by atoms with Crippen LogP contribution >= 0.6 is 11.5 Å². The molecule has 5 heteroatoms. The second-order valence-corrected chi connectivity index (χ2v) is 5.66. The largest absolute Gasteiger partial charge is 0.382 e. The smallest absolute Gasteiger partial charge is 0.157 e. The first-order valence-electron chi connectivity index (χ1n) is 6.09. The van der Waals surface area contributed by atoms with Crippen molar-refractivity contribution < 1.29 is 0 Å². The molecule has 92 valence electrons. The molecule has 1 aliphatic rings. The van der Waals surface area contributed by atoms with E-state index >= 15 is 0 Å². The molecular weight excluding hydrogens is 232 g/mol. The normalized spacial score (nSPS) is 24.2. The van der Waals surface area contributed by atoms with Crippen LogP contribution in [0.1, 0.15) is 38.2 Å². The van der Waals surface area contributed by atoms with Crippen molar-refractivity contribution in [2.75, 3.05) is 17.6 Å². The van der Waals surface area contributed by atoms with Crippen molar-refractivity contribution in [2.45, 2.75) is 32.6 Å². The van der Waals surface area contributed by atoms with E-state index in [2.05, 4.69) is 22.7 Å². The quantitative estimate of drug-likeness (QED) is 0.865. The van der Waals surface area contributed by atoms with E-state index in [0.717, 1.165) is 23.4 Å². The van der Waals surface area contributed by atoms with Crippen LogP contribution < -0.4 is 11.1 Å². The molecule has 0 amide bonds. The lowest BCUT2D eigenvalue weighted by Crippen LogP contribution is -2.20. The number of anilines is 2. The summed E-state index contributed by atoms with van der Waals surface area (Å²) < 4.78 is 4.00. The Balaban J connectivity index is 1.88. The first-order valence-corrected chi connectivity index (χ1v) is 6.87. The minimum Gasteiger partial charge on any atom is -0.382 e. The van der Waals surface area contributed by atoms with Crippen LogP contribution in [-0.2, 0) is 0 Å². The molecule has 0 bridgehead atoms. The second kappa shape index (κ2) is 5.37. The van der Waals surface area contributed by atoms with Crippen LogP contribution in [0.15, 0.2) is 0 Å². The van der Waals surface area contributed by atoms with Gasteiger partial charge in [0.2, 0.25) is 0 Å². The fourth-order valence-electron chi connectivity index (χ4n) is 2.30. The Hall–Kier alpha value is -1.28. The summed E-state index contributed by atoms with van der Waals surface area (Å²) >= 11 is 1.28. The third-order valence-corrected chi connectivity index (χ3v) is 4.34. The van der Waals surface area contributed by atoms with Crippen LogP contribution in [0.25, 0.3) is 0 Å². The Morgan fingerprint density at radius 3 is 2.82 bits per heavy atom. The van der Waals surface area contributed by atoms with Gasteiger partial charge in [-0.15, -0.1) is 0 Å². The van der Waals surface area contributed by atoms with Gasteiger partial charge in [0.15, 0.2) is 5.82 Å². The second-order valence-electron chi connectivity index (χ2n) is 4.89. The average molecular weight is 250 g/mol. The summed E-state index contributed by atoms with van der Waals surface area (Å²) in [7, 11) is 0. The molecular formula is C12H18N4S. The van der Waals surface area contributed by atoms with E-state index in [1.807, 2.05) is 0 Å². The summed E-state index contributed by atoms with van der Waals surface area (Å²) in [4.78, 5) is 0. The number of rotatable bonds is 3. The number of nitrogens with zero attached hydrogens (tertiary/aromatic N) is 2. The fourth-order valence-corrected chi connectivity index (χ4v) is 2.97. The molecule has 1 heterocycles. The van der Waals surface area contributed by atoms with Crippen LogP contribution in [-0.4, -0.2) is 10.9 Å². The van der Waals surface area contributed by atoms with Gasteiger partial charge in [0, 0.05) is 6.54 Å². The minimum absolute atomic E-state index is 0.345. The van der Waals surface area contributed by atoms with Gasteiger partial charge in [-0.1, -0.05) is 19.8 Å². The highest BCUT2D eigenvalue weighted by atomic mass is 32.1. The van der Waals surface area contributed by atoms with E-state index in [4.69, 9.17) is 11.0 Å². The molecule has 0 saturated heterocycles. The first kappa shape index (κ1) is 12.2. The SMILES string of the molecule is CC1CCC(CNc2snc(N)c2C#N)CC1. The van der Waals surface area contributed by atoms with Crippen molar-refractivity contribution >= 4 is 22.4 Å². The molecule has 0 atom stereocenters. The Bertz CT molecular complexity index is 413. The Labute approximate surface area is 106 Å². The first-order chi connectivity index (χ1) is 8.20. The molecule has 0 aromatic carbocycles. The molecule has 4 nitrogen and oxygen atoms in total. The summed E-state index contributed by atoms with van der Waals surface area (Å²) in [5.41, 5.74) is 6.11. The molecule has 1 aromatic heterocycles. The van der Waals surface area contributed by atoms with E-state index in [9.17, 15) is 0 Å². The summed E-state index contributed by atoms with van der Waals surface area (Å²) in [6, 6.07) is 2.10. The molecule has 1 fully saturated rings. The van der Waals surface area contributed by atoms with Crippen molar-refractivity contribution in [1.82, 2.24) is 4.37 Å². The topological polar surface area (TPSA) is 74.7 Å². The van der Waals surface area contributed by atoms with Crippen LogP contribution in [0.2, 0.25) is 0 Å². The maximum atomic E-state index is 8.96. The summed E-state index contributed by atoms with van der Waals surface area (Å²) in [6.45, 7) is 3.25. The maximum absolute atomic E-state index is 8.96. The Morgan fingerprint density at radius 1 is 1.47 bits per heavy atom. The van der Waals surface area contributed by atoms with Crippen LogP contribution in [0.4, 0.5) is 10.8 Å². The minimum atomic E-state index is 0.345. The number of hydrogen-bond donors (Lipinski definition) is 2. The van der Waals surface area contributed by atoms with Gasteiger partial charge < -0.3 is 11.1 Å². The van der Waals surface area contributed by atoms with E-state index in [1.54, 1.807) is 0 Å². The number of nitrogens with one attached hydrogen (secondary N) is 1. The molecule has 3 N–H and O–H groups in total. The molecule has 0 unspecified atom stereocenters. The third-order valence-electron chi connectivity index (χ3n) is 3.52. The molecule has 0 spiro atoms. The maximum Gasteiger partial charge on any atom is 0.157 e. The third kappa shape index (κ3) is 2.89. The van der Waals surface area contributed by atoms with Gasteiger partial charge in [0.25, 0.3) is 0 Å². The van der Waals surface area contributed by atoms with Gasteiger partial charge >= 0.3 is 0 Å². The van der Waals surface area contributed by atoms with Crippen molar-refractivity contribution in [3.8, 4) is 6.07 Å². The lowest BCUT2D eigenvalue weighted by Gasteiger charge is -2.26. The fraction of sp³-hybridized carbons (Fsp3) is 0.667. The van der Waals surface area contributed by atoms with Gasteiger partial charge in [0.05, 0.1) is 0 Å². The highest BCUT2D eigenvalue weighted by molar-refractivity contribution is 7.10. The van der Waals surface area contributed by atoms with Gasteiger partial charge in [-0.25, -0.2) is 0 Å². The molecule has 2 rings (SSSR count).